The van der Waals surface area contributed by atoms with Crippen molar-refractivity contribution < 1.29 is 4.92 Å². The van der Waals surface area contributed by atoms with Crippen molar-refractivity contribution in [1.82, 2.24) is 4.98 Å². The molecule has 64 valence electrons. The van der Waals surface area contributed by atoms with E-state index in [0.29, 0.717) is 9.13 Å². The summed E-state index contributed by atoms with van der Waals surface area (Å²) in [5.74, 6) is 0. The predicted octanol–water partition coefficient (Wildman–Crippen LogP) is 2.56. The highest BCUT2D eigenvalue weighted by Gasteiger charge is 2.18. The van der Waals surface area contributed by atoms with Gasteiger partial charge in [0, 0.05) is 6.20 Å². The van der Waals surface area contributed by atoms with Gasteiger partial charge in [-0.3, -0.25) is 10.1 Å². The van der Waals surface area contributed by atoms with Crippen molar-refractivity contribution in [3.05, 3.63) is 30.6 Å². The molecule has 1 aromatic heterocycles. The Morgan fingerprint density at radius 1 is 1.75 bits per heavy atom. The van der Waals surface area contributed by atoms with E-state index in [0.717, 1.165) is 0 Å². The standard InChI is InChI=1S/C6H4ClIN2O2/c1-3-5(10(11)12)4(8)2-9-6(3)7/h2H,1H3. The predicted molar refractivity (Wildman–Crippen MR) is 53.4 cm³/mol. The van der Waals surface area contributed by atoms with Crippen molar-refractivity contribution in [2.75, 3.05) is 0 Å². The minimum atomic E-state index is -0.454. The minimum absolute atomic E-state index is 0.0376. The largest absolute Gasteiger partial charge is 0.290 e. The number of pyridine rings is 1. The maximum atomic E-state index is 10.5. The second-order valence-corrected chi connectivity index (χ2v) is 3.65. The number of nitrogens with zero attached hydrogens (tertiary/aromatic N) is 2. The topological polar surface area (TPSA) is 56.0 Å². The molecule has 0 unspecified atom stereocenters. The Balaban J connectivity index is 3.43. The molecule has 0 aliphatic carbocycles. The zero-order chi connectivity index (χ0) is 9.30. The second kappa shape index (κ2) is 3.53. The summed E-state index contributed by atoms with van der Waals surface area (Å²) < 4.78 is 0.500. The van der Waals surface area contributed by atoms with Gasteiger partial charge >= 0.3 is 0 Å². The van der Waals surface area contributed by atoms with Crippen LogP contribution in [0.5, 0.6) is 0 Å². The third-order valence-electron chi connectivity index (χ3n) is 1.36. The minimum Gasteiger partial charge on any atom is -0.258 e. The van der Waals surface area contributed by atoms with Crippen LogP contribution in [0, 0.1) is 20.6 Å². The lowest BCUT2D eigenvalue weighted by atomic mass is 10.3. The Kier molecular flexibility index (Phi) is 2.84. The fourth-order valence-corrected chi connectivity index (χ4v) is 1.65. The molecule has 0 saturated heterocycles. The summed E-state index contributed by atoms with van der Waals surface area (Å²) in [7, 11) is 0. The first-order valence-electron chi connectivity index (χ1n) is 2.99. The van der Waals surface area contributed by atoms with Crippen molar-refractivity contribution in [3.8, 4) is 0 Å². The molecule has 0 amide bonds. The van der Waals surface area contributed by atoms with Crippen LogP contribution >= 0.6 is 34.2 Å². The fourth-order valence-electron chi connectivity index (χ4n) is 0.772. The van der Waals surface area contributed by atoms with Crippen LogP contribution in [0.3, 0.4) is 0 Å². The normalized spacial score (nSPS) is 9.92. The highest BCUT2D eigenvalue weighted by molar-refractivity contribution is 14.1. The molecule has 1 rings (SSSR count). The van der Waals surface area contributed by atoms with Gasteiger partial charge in [-0.2, -0.15) is 0 Å². The van der Waals surface area contributed by atoms with Gasteiger partial charge in [-0.1, -0.05) is 11.6 Å². The molecule has 0 aliphatic rings. The van der Waals surface area contributed by atoms with Crippen LogP contribution in [0.4, 0.5) is 5.69 Å². The quantitative estimate of drug-likeness (QED) is 0.346. The summed E-state index contributed by atoms with van der Waals surface area (Å²) in [4.78, 5) is 13.8. The SMILES string of the molecule is Cc1c(Cl)ncc(I)c1[N+](=O)[O-]. The third kappa shape index (κ3) is 1.66. The van der Waals surface area contributed by atoms with Crippen LogP contribution in [0.25, 0.3) is 0 Å². The van der Waals surface area contributed by atoms with Gasteiger partial charge < -0.3 is 0 Å². The maximum absolute atomic E-state index is 10.5. The van der Waals surface area contributed by atoms with E-state index < -0.39 is 4.92 Å². The number of hydrogen-bond acceptors (Lipinski definition) is 3. The van der Waals surface area contributed by atoms with Crippen LogP contribution in [0.1, 0.15) is 5.56 Å². The molecule has 0 aliphatic heterocycles. The molecule has 12 heavy (non-hydrogen) atoms. The molecule has 4 nitrogen and oxygen atoms in total. The van der Waals surface area contributed by atoms with Gasteiger partial charge in [-0.25, -0.2) is 4.98 Å². The molecule has 0 fully saturated rings. The molecular weight excluding hydrogens is 294 g/mol. The lowest BCUT2D eigenvalue weighted by molar-refractivity contribution is -0.386. The Morgan fingerprint density at radius 2 is 2.33 bits per heavy atom. The van der Waals surface area contributed by atoms with E-state index in [2.05, 4.69) is 4.98 Å². The van der Waals surface area contributed by atoms with E-state index in [4.69, 9.17) is 11.6 Å². The molecule has 0 atom stereocenters. The van der Waals surface area contributed by atoms with Gasteiger partial charge in [0.1, 0.15) is 8.72 Å². The number of nitro groups is 1. The van der Waals surface area contributed by atoms with Crippen molar-refractivity contribution in [3.63, 3.8) is 0 Å². The molecule has 0 N–H and O–H groups in total. The highest BCUT2D eigenvalue weighted by Crippen LogP contribution is 2.28. The van der Waals surface area contributed by atoms with E-state index in [1.165, 1.54) is 6.20 Å². The van der Waals surface area contributed by atoms with Crippen LogP contribution in [0.15, 0.2) is 6.20 Å². The van der Waals surface area contributed by atoms with E-state index in [1.807, 2.05) is 22.6 Å². The van der Waals surface area contributed by atoms with Crippen LogP contribution in [0.2, 0.25) is 5.15 Å². The zero-order valence-corrected chi connectivity index (χ0v) is 8.96. The second-order valence-electron chi connectivity index (χ2n) is 2.13. The lowest BCUT2D eigenvalue weighted by Crippen LogP contribution is -1.96. The van der Waals surface area contributed by atoms with Crippen molar-refractivity contribution in [2.45, 2.75) is 6.92 Å². The third-order valence-corrected chi connectivity index (χ3v) is 2.54. The summed E-state index contributed by atoms with van der Waals surface area (Å²) in [5, 5.41) is 10.7. The van der Waals surface area contributed by atoms with Gasteiger partial charge in [0.05, 0.1) is 10.5 Å². The fraction of sp³-hybridized carbons (Fsp3) is 0.167. The van der Waals surface area contributed by atoms with Gasteiger partial charge in [0.25, 0.3) is 5.69 Å². The number of hydrogen-bond donors (Lipinski definition) is 0. The highest BCUT2D eigenvalue weighted by atomic mass is 127. The van der Waals surface area contributed by atoms with Gasteiger partial charge in [-0.15, -0.1) is 0 Å². The molecule has 0 aromatic carbocycles. The Bertz CT molecular complexity index is 343. The zero-order valence-electron chi connectivity index (χ0n) is 6.04. The van der Waals surface area contributed by atoms with Crippen LogP contribution in [-0.2, 0) is 0 Å². The summed E-state index contributed by atoms with van der Waals surface area (Å²) in [6.45, 7) is 1.58. The summed E-state index contributed by atoms with van der Waals surface area (Å²) >= 11 is 7.47. The first-order valence-corrected chi connectivity index (χ1v) is 4.44. The summed E-state index contributed by atoms with van der Waals surface area (Å²) in [6, 6.07) is 0. The molecule has 0 bridgehead atoms. The van der Waals surface area contributed by atoms with E-state index in [9.17, 15) is 10.1 Å². The summed E-state index contributed by atoms with van der Waals surface area (Å²) in [5.41, 5.74) is 0.448. The molecule has 1 heterocycles. The molecule has 0 radical (unpaired) electrons. The molecule has 0 saturated carbocycles. The first kappa shape index (κ1) is 9.66. The number of rotatable bonds is 1. The Hall–Kier alpha value is -0.430. The molecule has 0 spiro atoms. The monoisotopic (exact) mass is 298 g/mol. The van der Waals surface area contributed by atoms with Gasteiger partial charge in [-0.05, 0) is 29.5 Å². The van der Waals surface area contributed by atoms with Crippen LogP contribution in [-0.4, -0.2) is 9.91 Å². The maximum Gasteiger partial charge on any atom is 0.290 e. The molecule has 6 heteroatoms. The summed E-state index contributed by atoms with van der Waals surface area (Å²) in [6.07, 6.45) is 1.38. The smallest absolute Gasteiger partial charge is 0.258 e. The van der Waals surface area contributed by atoms with E-state index in [-0.39, 0.29) is 10.8 Å². The molecular formula is C6H4ClIN2O2. The number of halogens is 2. The van der Waals surface area contributed by atoms with Gasteiger partial charge in [0.2, 0.25) is 0 Å². The Labute approximate surface area is 87.2 Å². The lowest BCUT2D eigenvalue weighted by Gasteiger charge is -1.99. The first-order chi connectivity index (χ1) is 5.54. The van der Waals surface area contributed by atoms with E-state index in [1.54, 1.807) is 6.92 Å². The van der Waals surface area contributed by atoms with E-state index >= 15 is 0 Å². The van der Waals surface area contributed by atoms with Crippen molar-refractivity contribution in [2.24, 2.45) is 0 Å². The van der Waals surface area contributed by atoms with Crippen molar-refractivity contribution >= 4 is 39.9 Å². The van der Waals surface area contributed by atoms with Crippen LogP contribution < -0.4 is 0 Å². The molecule has 1 aromatic rings. The van der Waals surface area contributed by atoms with Gasteiger partial charge in [0.15, 0.2) is 0 Å². The average Bonchev–Trinajstić information content (AvgIpc) is 1.97. The number of aromatic nitrogens is 1. The average molecular weight is 298 g/mol. The van der Waals surface area contributed by atoms with Crippen molar-refractivity contribution in [1.29, 1.82) is 0 Å². The Morgan fingerprint density at radius 3 is 2.75 bits per heavy atom.